The molecule has 1 heterocycles. The number of furan rings is 1. The van der Waals surface area contributed by atoms with Crippen LogP contribution in [0.15, 0.2) is 16.5 Å². The van der Waals surface area contributed by atoms with Crippen LogP contribution in [0, 0.1) is 6.92 Å². The van der Waals surface area contributed by atoms with E-state index in [1.807, 2.05) is 0 Å². The van der Waals surface area contributed by atoms with Gasteiger partial charge in [0.1, 0.15) is 5.76 Å². The first-order valence-electron chi connectivity index (χ1n) is 5.18. The number of aliphatic carboxylic acids is 2. The first-order valence-corrected chi connectivity index (χ1v) is 5.18. The first-order chi connectivity index (χ1) is 8.40. The molecule has 1 atom stereocenters. The monoisotopic (exact) mass is 253 g/mol. The zero-order valence-electron chi connectivity index (χ0n) is 9.60. The van der Waals surface area contributed by atoms with E-state index in [0.29, 0.717) is 5.76 Å². The summed E-state index contributed by atoms with van der Waals surface area (Å²) >= 11 is 0. The number of hydrogen-bond acceptors (Lipinski definition) is 6. The summed E-state index contributed by atoms with van der Waals surface area (Å²) in [5, 5.41) is 23.1. The second kappa shape index (κ2) is 5.85. The van der Waals surface area contributed by atoms with Crippen molar-refractivity contribution in [2.75, 3.05) is 0 Å². The quantitative estimate of drug-likeness (QED) is 0.623. The Bertz CT molecular complexity index is 464. The largest absolute Gasteiger partial charge is 0.550 e. The van der Waals surface area contributed by atoms with Crippen LogP contribution in [0.4, 0.5) is 0 Å². The van der Waals surface area contributed by atoms with Crippen LogP contribution >= 0.6 is 0 Å². The van der Waals surface area contributed by atoms with E-state index >= 15 is 0 Å². The molecule has 0 aromatic carbocycles. The van der Waals surface area contributed by atoms with Crippen LogP contribution in [0.3, 0.4) is 0 Å². The highest BCUT2D eigenvalue weighted by atomic mass is 16.4. The molecule has 7 heteroatoms. The van der Waals surface area contributed by atoms with Gasteiger partial charge in [0.15, 0.2) is 5.76 Å². The molecule has 0 bridgehead atoms. The molecule has 0 aliphatic rings. The Morgan fingerprint density at radius 3 is 2.44 bits per heavy atom. The average molecular weight is 253 g/mol. The number of carbonyl (C=O) groups excluding carboxylic acids is 3. The molecule has 0 fully saturated rings. The first kappa shape index (κ1) is 13.8. The van der Waals surface area contributed by atoms with Gasteiger partial charge in [-0.15, -0.1) is 0 Å². The summed E-state index contributed by atoms with van der Waals surface area (Å²) in [5.74, 6) is -3.25. The normalized spacial score (nSPS) is 11.8. The minimum atomic E-state index is -1.56. The van der Waals surface area contributed by atoms with E-state index in [4.69, 9.17) is 4.42 Å². The molecule has 1 rings (SSSR count). The smallest absolute Gasteiger partial charge is 0.287 e. The standard InChI is InChI=1S/C11H13NO6/c1-6-2-4-8(18-6)10(15)12-7(11(16)17)3-5-9(13)14/h2,4,7H,3,5H2,1H3,(H,12,15)(H,13,14)(H,16,17)/p-2/t7-/m0/s1. The summed E-state index contributed by atoms with van der Waals surface area (Å²) in [6.45, 7) is 1.63. The summed E-state index contributed by atoms with van der Waals surface area (Å²) < 4.78 is 5.00. The molecule has 98 valence electrons. The van der Waals surface area contributed by atoms with Gasteiger partial charge in [0.25, 0.3) is 5.91 Å². The third-order valence-electron chi connectivity index (χ3n) is 2.19. The van der Waals surface area contributed by atoms with Crippen molar-refractivity contribution >= 4 is 17.8 Å². The maximum atomic E-state index is 11.6. The molecule has 1 amide bonds. The third kappa shape index (κ3) is 3.93. The number of carboxylic acids is 2. The topological polar surface area (TPSA) is 123 Å². The number of nitrogens with one attached hydrogen (secondary N) is 1. The molecule has 0 spiro atoms. The lowest BCUT2D eigenvalue weighted by Crippen LogP contribution is -2.48. The minimum Gasteiger partial charge on any atom is -0.550 e. The molecule has 0 radical (unpaired) electrons. The number of carbonyl (C=O) groups is 3. The predicted molar refractivity (Wildman–Crippen MR) is 53.9 cm³/mol. The number of hydrogen-bond donors (Lipinski definition) is 1. The van der Waals surface area contributed by atoms with Gasteiger partial charge in [0.05, 0.1) is 12.0 Å². The van der Waals surface area contributed by atoms with Gasteiger partial charge in [-0.2, -0.15) is 0 Å². The Kier molecular flexibility index (Phi) is 4.47. The Labute approximate surface area is 102 Å². The minimum absolute atomic E-state index is 0.0489. The molecular formula is C11H11NO6-2. The van der Waals surface area contributed by atoms with Crippen LogP contribution in [0.5, 0.6) is 0 Å². The second-order valence-electron chi connectivity index (χ2n) is 3.67. The molecule has 0 aliphatic carbocycles. The number of aryl methyl sites for hydroxylation is 1. The summed E-state index contributed by atoms with van der Waals surface area (Å²) in [4.78, 5) is 32.5. The number of rotatable bonds is 6. The molecular weight excluding hydrogens is 242 g/mol. The fourth-order valence-electron chi connectivity index (χ4n) is 1.30. The summed E-state index contributed by atoms with van der Waals surface area (Å²) in [6, 6.07) is 1.53. The lowest BCUT2D eigenvalue weighted by Gasteiger charge is -2.19. The summed E-state index contributed by atoms with van der Waals surface area (Å²) in [7, 11) is 0. The molecule has 1 aromatic rings. The molecule has 0 unspecified atom stereocenters. The molecule has 0 saturated heterocycles. The van der Waals surface area contributed by atoms with Gasteiger partial charge in [-0.25, -0.2) is 0 Å². The molecule has 7 nitrogen and oxygen atoms in total. The summed E-state index contributed by atoms with van der Waals surface area (Å²) in [6.07, 6.45) is -0.799. The van der Waals surface area contributed by atoms with Crippen LogP contribution in [0.1, 0.15) is 29.2 Å². The lowest BCUT2D eigenvalue weighted by atomic mass is 10.1. The van der Waals surface area contributed by atoms with E-state index in [1.165, 1.54) is 6.07 Å². The van der Waals surface area contributed by atoms with Crippen molar-refractivity contribution in [3.8, 4) is 0 Å². The van der Waals surface area contributed by atoms with E-state index in [0.717, 1.165) is 0 Å². The summed E-state index contributed by atoms with van der Waals surface area (Å²) in [5.41, 5.74) is 0. The highest BCUT2D eigenvalue weighted by Crippen LogP contribution is 2.07. The Hall–Kier alpha value is -2.31. The molecule has 0 saturated carbocycles. The second-order valence-corrected chi connectivity index (χ2v) is 3.67. The molecule has 1 aromatic heterocycles. The van der Waals surface area contributed by atoms with E-state index in [2.05, 4.69) is 5.32 Å². The number of amides is 1. The molecule has 0 aliphatic heterocycles. The SMILES string of the molecule is Cc1ccc(C(=O)N[C@@H](CCC(=O)[O-])C(=O)[O-])o1. The van der Waals surface area contributed by atoms with Gasteiger partial charge >= 0.3 is 0 Å². The van der Waals surface area contributed by atoms with Crippen molar-refractivity contribution in [1.29, 1.82) is 0 Å². The van der Waals surface area contributed by atoms with Crippen molar-refractivity contribution in [1.82, 2.24) is 5.32 Å². The maximum Gasteiger partial charge on any atom is 0.287 e. The van der Waals surface area contributed by atoms with Crippen LogP contribution < -0.4 is 15.5 Å². The van der Waals surface area contributed by atoms with E-state index in [-0.39, 0.29) is 12.2 Å². The molecule has 1 N–H and O–H groups in total. The van der Waals surface area contributed by atoms with Gasteiger partial charge in [0, 0.05) is 5.97 Å². The van der Waals surface area contributed by atoms with E-state index < -0.39 is 30.3 Å². The van der Waals surface area contributed by atoms with Crippen molar-refractivity contribution in [2.45, 2.75) is 25.8 Å². The van der Waals surface area contributed by atoms with Crippen molar-refractivity contribution in [2.24, 2.45) is 0 Å². The Balaban J connectivity index is 2.63. The van der Waals surface area contributed by atoms with Crippen molar-refractivity contribution in [3.63, 3.8) is 0 Å². The Morgan fingerprint density at radius 2 is 2.00 bits per heavy atom. The zero-order chi connectivity index (χ0) is 13.7. The van der Waals surface area contributed by atoms with Gasteiger partial charge in [-0.1, -0.05) is 0 Å². The van der Waals surface area contributed by atoms with Crippen molar-refractivity contribution < 1.29 is 29.0 Å². The van der Waals surface area contributed by atoms with E-state index in [9.17, 15) is 24.6 Å². The van der Waals surface area contributed by atoms with Crippen LogP contribution in [-0.4, -0.2) is 23.9 Å². The Morgan fingerprint density at radius 1 is 1.33 bits per heavy atom. The lowest BCUT2D eigenvalue weighted by molar-refractivity contribution is -0.309. The van der Waals surface area contributed by atoms with Crippen LogP contribution in [0.25, 0.3) is 0 Å². The molecule has 18 heavy (non-hydrogen) atoms. The van der Waals surface area contributed by atoms with E-state index in [1.54, 1.807) is 13.0 Å². The highest BCUT2D eigenvalue weighted by molar-refractivity contribution is 5.94. The fourth-order valence-corrected chi connectivity index (χ4v) is 1.30. The van der Waals surface area contributed by atoms with Gasteiger partial charge in [0.2, 0.25) is 0 Å². The maximum absolute atomic E-state index is 11.6. The number of carboxylic acid groups (broad SMARTS) is 2. The van der Waals surface area contributed by atoms with Crippen molar-refractivity contribution in [3.05, 3.63) is 23.7 Å². The predicted octanol–water partition coefficient (Wildman–Crippen LogP) is -2.03. The van der Waals surface area contributed by atoms with Crippen LogP contribution in [-0.2, 0) is 9.59 Å². The zero-order valence-corrected chi connectivity index (χ0v) is 9.60. The third-order valence-corrected chi connectivity index (χ3v) is 2.19. The average Bonchev–Trinajstić information content (AvgIpc) is 2.70. The van der Waals surface area contributed by atoms with Gasteiger partial charge in [-0.3, -0.25) is 4.79 Å². The van der Waals surface area contributed by atoms with Gasteiger partial charge < -0.3 is 29.5 Å². The highest BCUT2D eigenvalue weighted by Gasteiger charge is 2.16. The van der Waals surface area contributed by atoms with Gasteiger partial charge in [-0.05, 0) is 31.9 Å². The fraction of sp³-hybridized carbons (Fsp3) is 0.364. The van der Waals surface area contributed by atoms with Crippen LogP contribution in [0.2, 0.25) is 0 Å².